The number of aryl methyl sites for hydroxylation is 1. The van der Waals surface area contributed by atoms with Crippen molar-refractivity contribution in [2.45, 2.75) is 77.0 Å². The van der Waals surface area contributed by atoms with E-state index in [9.17, 15) is 14.7 Å². The molecule has 2 atom stereocenters. The number of hydrogen-bond donors (Lipinski definition) is 1. The molecule has 1 N–H and O–H groups in total. The third-order valence-electron chi connectivity index (χ3n) is 6.61. The fraction of sp³-hybridized carbons (Fsp3) is 0.609. The van der Waals surface area contributed by atoms with Crippen molar-refractivity contribution >= 4 is 12.1 Å². The molecule has 0 bridgehead atoms. The second kappa shape index (κ2) is 10.2. The van der Waals surface area contributed by atoms with Gasteiger partial charge in [-0.2, -0.15) is 0 Å². The van der Waals surface area contributed by atoms with Gasteiger partial charge in [-0.15, -0.1) is 0 Å². The second-order valence-electron chi connectivity index (χ2n) is 8.86. The van der Waals surface area contributed by atoms with Gasteiger partial charge in [0.05, 0.1) is 29.6 Å². The summed E-state index contributed by atoms with van der Waals surface area (Å²) in [6.07, 6.45) is 9.46. The molecule has 0 aromatic carbocycles. The average Bonchev–Trinajstić information content (AvgIpc) is 3.48. The normalized spacial score (nSPS) is 21.0. The van der Waals surface area contributed by atoms with E-state index in [2.05, 4.69) is 15.1 Å². The molecular weight excluding hydrogens is 428 g/mol. The van der Waals surface area contributed by atoms with Gasteiger partial charge in [0.15, 0.2) is 5.76 Å². The summed E-state index contributed by atoms with van der Waals surface area (Å²) in [5, 5.41) is 13.2. The van der Waals surface area contributed by atoms with Crippen molar-refractivity contribution in [3.05, 3.63) is 23.7 Å². The van der Waals surface area contributed by atoms with Crippen molar-refractivity contribution < 1.29 is 28.7 Å². The molecule has 2 saturated carbocycles. The molecule has 2 aromatic heterocycles. The van der Waals surface area contributed by atoms with Crippen LogP contribution < -0.4 is 4.74 Å². The maximum absolute atomic E-state index is 12.5. The molecule has 0 aliphatic heterocycles. The lowest BCUT2D eigenvalue weighted by molar-refractivity contribution is -0.143. The van der Waals surface area contributed by atoms with Gasteiger partial charge >= 0.3 is 12.1 Å². The van der Waals surface area contributed by atoms with Crippen molar-refractivity contribution in [3.63, 3.8) is 0 Å². The first-order valence-corrected chi connectivity index (χ1v) is 11.5. The van der Waals surface area contributed by atoms with Crippen molar-refractivity contribution in [3.8, 4) is 17.3 Å². The molecule has 2 aliphatic carbocycles. The quantitative estimate of drug-likeness (QED) is 0.655. The number of ether oxygens (including phenoxy) is 2. The molecule has 1 amide bonds. The Morgan fingerprint density at radius 3 is 2.64 bits per heavy atom. The average molecular weight is 459 g/mol. The van der Waals surface area contributed by atoms with E-state index >= 15 is 0 Å². The summed E-state index contributed by atoms with van der Waals surface area (Å²) in [4.78, 5) is 34.1. The van der Waals surface area contributed by atoms with Crippen LogP contribution in [0, 0.1) is 12.8 Å². The largest absolute Gasteiger partial charge is 0.481 e. The fourth-order valence-corrected chi connectivity index (χ4v) is 4.58. The Hall–Kier alpha value is -3.17. The maximum atomic E-state index is 12.5. The van der Waals surface area contributed by atoms with Gasteiger partial charge in [-0.05, 0) is 45.4 Å². The number of aliphatic carboxylic acids is 1. The van der Waals surface area contributed by atoms with Gasteiger partial charge in [-0.3, -0.25) is 4.79 Å². The number of nitrogens with zero attached hydrogens (tertiary/aromatic N) is 4. The summed E-state index contributed by atoms with van der Waals surface area (Å²) in [5.41, 5.74) is 1.71. The summed E-state index contributed by atoms with van der Waals surface area (Å²) < 4.78 is 16.8. The third kappa shape index (κ3) is 5.43. The van der Waals surface area contributed by atoms with Gasteiger partial charge in [0.25, 0.3) is 0 Å². The highest BCUT2D eigenvalue weighted by Crippen LogP contribution is 2.29. The first kappa shape index (κ1) is 23.0. The molecule has 0 radical (unpaired) electrons. The number of carboxylic acids is 1. The molecule has 4 rings (SSSR count). The van der Waals surface area contributed by atoms with E-state index in [1.807, 2.05) is 0 Å². The smallest absolute Gasteiger partial charge is 0.410 e. The van der Waals surface area contributed by atoms with Crippen LogP contribution in [0.1, 0.15) is 62.6 Å². The fourth-order valence-electron chi connectivity index (χ4n) is 4.58. The molecule has 33 heavy (non-hydrogen) atoms. The molecule has 10 heteroatoms. The van der Waals surface area contributed by atoms with Crippen molar-refractivity contribution in [1.29, 1.82) is 0 Å². The molecule has 178 valence electrons. The van der Waals surface area contributed by atoms with Crippen LogP contribution in [0.4, 0.5) is 4.79 Å². The van der Waals surface area contributed by atoms with Gasteiger partial charge in [-0.1, -0.05) is 18.0 Å². The van der Waals surface area contributed by atoms with Crippen LogP contribution in [0.2, 0.25) is 0 Å². The first-order valence-electron chi connectivity index (χ1n) is 11.5. The SMILES string of the molecule is Cc1noc(-c2cnc(O[C@H]3CCC[C@H](C(=O)O)C3)cn2)c1COC(=O)N(C)C1CCCC1. The molecule has 10 nitrogen and oxygen atoms in total. The van der Waals surface area contributed by atoms with E-state index in [0.717, 1.165) is 38.5 Å². The van der Waals surface area contributed by atoms with E-state index in [1.165, 1.54) is 12.4 Å². The summed E-state index contributed by atoms with van der Waals surface area (Å²) in [5.74, 6) is -0.442. The van der Waals surface area contributed by atoms with Crippen LogP contribution in [0.3, 0.4) is 0 Å². The zero-order valence-electron chi connectivity index (χ0n) is 19.0. The Morgan fingerprint density at radius 2 is 1.94 bits per heavy atom. The minimum absolute atomic E-state index is 0.0269. The lowest BCUT2D eigenvalue weighted by Gasteiger charge is -2.26. The van der Waals surface area contributed by atoms with E-state index in [4.69, 9.17) is 14.0 Å². The predicted octanol–water partition coefficient (Wildman–Crippen LogP) is 3.97. The van der Waals surface area contributed by atoms with Crippen molar-refractivity contribution in [2.75, 3.05) is 7.05 Å². The highest BCUT2D eigenvalue weighted by molar-refractivity contribution is 5.70. The predicted molar refractivity (Wildman–Crippen MR) is 116 cm³/mol. The number of aromatic nitrogens is 3. The highest BCUT2D eigenvalue weighted by Gasteiger charge is 2.29. The zero-order valence-corrected chi connectivity index (χ0v) is 19.0. The van der Waals surface area contributed by atoms with Crippen LogP contribution in [-0.4, -0.2) is 56.4 Å². The first-order chi connectivity index (χ1) is 15.9. The Morgan fingerprint density at radius 1 is 1.15 bits per heavy atom. The molecule has 2 fully saturated rings. The lowest BCUT2D eigenvalue weighted by atomic mass is 9.87. The number of hydrogen-bond acceptors (Lipinski definition) is 8. The van der Waals surface area contributed by atoms with Crippen LogP contribution in [-0.2, 0) is 16.1 Å². The summed E-state index contributed by atoms with van der Waals surface area (Å²) in [7, 11) is 1.77. The lowest BCUT2D eigenvalue weighted by Crippen LogP contribution is -2.35. The van der Waals surface area contributed by atoms with Gasteiger partial charge in [0, 0.05) is 13.1 Å². The summed E-state index contributed by atoms with van der Waals surface area (Å²) in [6.45, 7) is 1.81. The Bertz CT molecular complexity index is 970. The van der Waals surface area contributed by atoms with Crippen molar-refractivity contribution in [2.24, 2.45) is 5.92 Å². The minimum atomic E-state index is -0.784. The Kier molecular flexibility index (Phi) is 7.10. The zero-order chi connectivity index (χ0) is 23.4. The van der Waals surface area contributed by atoms with Gasteiger partial charge in [0.1, 0.15) is 18.4 Å². The van der Waals surface area contributed by atoms with Gasteiger partial charge < -0.3 is 24.0 Å². The number of carbonyl (C=O) groups is 2. The molecular formula is C23H30N4O6. The molecule has 0 unspecified atom stereocenters. The molecule has 2 aromatic rings. The number of carbonyl (C=O) groups excluding carboxylic acids is 1. The van der Waals surface area contributed by atoms with Crippen LogP contribution in [0.5, 0.6) is 5.88 Å². The number of amides is 1. The maximum Gasteiger partial charge on any atom is 0.410 e. The third-order valence-corrected chi connectivity index (χ3v) is 6.61. The van der Waals surface area contributed by atoms with E-state index in [1.54, 1.807) is 18.9 Å². The second-order valence-corrected chi connectivity index (χ2v) is 8.86. The van der Waals surface area contributed by atoms with E-state index in [-0.39, 0.29) is 30.8 Å². The Balaban J connectivity index is 1.38. The van der Waals surface area contributed by atoms with Crippen LogP contribution >= 0.6 is 0 Å². The number of rotatable bonds is 7. The number of carboxylic acid groups (broad SMARTS) is 1. The summed E-state index contributed by atoms with van der Waals surface area (Å²) >= 11 is 0. The van der Waals surface area contributed by atoms with Crippen molar-refractivity contribution in [1.82, 2.24) is 20.0 Å². The summed E-state index contributed by atoms with van der Waals surface area (Å²) in [6, 6.07) is 0.230. The van der Waals surface area contributed by atoms with Gasteiger partial charge in [-0.25, -0.2) is 14.8 Å². The molecule has 0 spiro atoms. The highest BCUT2D eigenvalue weighted by atomic mass is 16.6. The van der Waals surface area contributed by atoms with Gasteiger partial charge in [0.2, 0.25) is 5.88 Å². The monoisotopic (exact) mass is 458 g/mol. The van der Waals surface area contributed by atoms with E-state index in [0.29, 0.717) is 41.4 Å². The molecule has 0 saturated heterocycles. The van der Waals surface area contributed by atoms with E-state index < -0.39 is 5.97 Å². The van der Waals surface area contributed by atoms with Crippen LogP contribution in [0.25, 0.3) is 11.5 Å². The minimum Gasteiger partial charge on any atom is -0.481 e. The van der Waals surface area contributed by atoms with Crippen LogP contribution in [0.15, 0.2) is 16.9 Å². The Labute approximate surface area is 192 Å². The molecule has 2 aliphatic rings. The standard InChI is InChI=1S/C23H30N4O6/c1-14-18(13-31-23(30)27(2)16-7-3-4-8-16)21(33-26-14)19-11-25-20(12-24-19)32-17-9-5-6-15(10-17)22(28)29/h11-12,15-17H,3-10,13H2,1-2H3,(H,28,29)/t15-,17-/m0/s1. The topological polar surface area (TPSA) is 128 Å². The molecule has 2 heterocycles.